The van der Waals surface area contributed by atoms with Crippen LogP contribution >= 0.6 is 0 Å². The molecule has 3 fully saturated rings. The van der Waals surface area contributed by atoms with Gasteiger partial charge in [0.15, 0.2) is 6.23 Å². The summed E-state index contributed by atoms with van der Waals surface area (Å²) in [5.74, 6) is -2.41. The summed E-state index contributed by atoms with van der Waals surface area (Å²) in [6, 6.07) is 4.76. The molecule has 3 aliphatic rings. The van der Waals surface area contributed by atoms with Crippen LogP contribution in [0.2, 0.25) is 0 Å². The average molecular weight is 863 g/mol. The summed E-state index contributed by atoms with van der Waals surface area (Å²) < 4.78 is 6.94. The first-order valence-corrected chi connectivity index (χ1v) is 21.5. The van der Waals surface area contributed by atoms with E-state index in [9.17, 15) is 38.7 Å². The smallest absolute Gasteiger partial charge is 0.330 e. The van der Waals surface area contributed by atoms with Crippen LogP contribution in [0.4, 0.5) is 4.79 Å². The topological polar surface area (TPSA) is 275 Å². The van der Waals surface area contributed by atoms with Crippen LogP contribution in [0.3, 0.4) is 0 Å². The number of rotatable bonds is 16. The van der Waals surface area contributed by atoms with Crippen LogP contribution in [0.1, 0.15) is 96.8 Å². The highest BCUT2D eigenvalue weighted by Crippen LogP contribution is 2.53. The predicted octanol–water partition coefficient (Wildman–Crippen LogP) is 0.800. The maximum absolute atomic E-state index is 14.5. The van der Waals surface area contributed by atoms with Gasteiger partial charge in [-0.1, -0.05) is 71.1 Å². The van der Waals surface area contributed by atoms with Crippen LogP contribution in [0.15, 0.2) is 52.3 Å². The Morgan fingerprint density at radius 1 is 1.03 bits per heavy atom. The van der Waals surface area contributed by atoms with Crippen molar-refractivity contribution in [3.05, 3.63) is 69.1 Å². The first-order chi connectivity index (χ1) is 29.4. The van der Waals surface area contributed by atoms with Crippen molar-refractivity contribution >= 4 is 40.6 Å². The van der Waals surface area contributed by atoms with Gasteiger partial charge < -0.3 is 52.0 Å². The third kappa shape index (κ3) is 10.7. The Bertz CT molecular complexity index is 2230. The van der Waals surface area contributed by atoms with E-state index in [1.807, 2.05) is 51.2 Å². The van der Waals surface area contributed by atoms with Gasteiger partial charge in [-0.25, -0.2) is 9.59 Å². The molecule has 2 saturated carbocycles. The molecule has 0 radical (unpaired) electrons. The number of likely N-dealkylation sites (N-methyl/N-ethyl adjacent to an activating group) is 1. The molecule has 6 rings (SSSR count). The molecule has 8 atom stereocenters. The molecule has 2 aliphatic carbocycles. The van der Waals surface area contributed by atoms with Crippen molar-refractivity contribution in [2.24, 2.45) is 17.1 Å². The van der Waals surface area contributed by atoms with Crippen molar-refractivity contribution in [3.63, 3.8) is 0 Å². The van der Waals surface area contributed by atoms with Crippen LogP contribution in [0, 0.1) is 11.3 Å². The summed E-state index contributed by atoms with van der Waals surface area (Å²) >= 11 is 0. The van der Waals surface area contributed by atoms with Gasteiger partial charge in [0.1, 0.15) is 23.7 Å². The number of aliphatic hydroxyl groups is 1. The molecule has 2 aromatic heterocycles. The number of carbonyl (C=O) groups is 5. The number of hydrogen-bond donors (Lipinski definition) is 9. The number of H-pyrrole nitrogens is 2. The predicted molar refractivity (Wildman–Crippen MR) is 230 cm³/mol. The van der Waals surface area contributed by atoms with Crippen LogP contribution in [-0.2, 0) is 23.9 Å². The molecule has 10 N–H and O–H groups in total. The number of fused-ring (bicyclic) bond motifs is 1. The van der Waals surface area contributed by atoms with E-state index in [-0.39, 0.29) is 49.1 Å². The normalized spacial score (nSPS) is 24.0. The zero-order valence-corrected chi connectivity index (χ0v) is 36.1. The van der Waals surface area contributed by atoms with E-state index in [4.69, 9.17) is 10.5 Å². The van der Waals surface area contributed by atoms with Gasteiger partial charge in [-0.15, -0.1) is 0 Å². The number of amides is 6. The molecule has 6 amide bonds. The zero-order valence-electron chi connectivity index (χ0n) is 36.1. The van der Waals surface area contributed by atoms with Crippen molar-refractivity contribution in [2.75, 3.05) is 26.7 Å². The average Bonchev–Trinajstić information content (AvgIpc) is 3.58. The Morgan fingerprint density at radius 2 is 1.76 bits per heavy atom. The molecule has 1 saturated heterocycles. The lowest BCUT2D eigenvalue weighted by Gasteiger charge is -2.33. The third-order valence-electron chi connectivity index (χ3n) is 12.4. The number of nitrogens with two attached hydrogens (primary N) is 1. The number of urea groups is 1. The van der Waals surface area contributed by atoms with E-state index < -0.39 is 77.1 Å². The number of nitrogens with zero attached hydrogens (tertiary/aromatic N) is 2. The molecule has 19 nitrogen and oxygen atoms in total. The summed E-state index contributed by atoms with van der Waals surface area (Å²) in [7, 11) is 1.46. The van der Waals surface area contributed by atoms with Crippen molar-refractivity contribution in [2.45, 2.75) is 127 Å². The highest BCUT2D eigenvalue weighted by atomic mass is 16.5. The lowest BCUT2D eigenvalue weighted by molar-refractivity contribution is -0.136. The lowest BCUT2D eigenvalue weighted by Crippen LogP contribution is -2.62. The number of carbonyl (C=O) groups excluding carboxylic acids is 5. The minimum Gasteiger partial charge on any atom is -0.388 e. The van der Waals surface area contributed by atoms with E-state index in [2.05, 4.69) is 36.6 Å². The van der Waals surface area contributed by atoms with Gasteiger partial charge >= 0.3 is 11.7 Å². The number of ether oxygens (including phenoxy) is 1. The number of aromatic amines is 2. The first kappa shape index (κ1) is 46.0. The fourth-order valence-corrected chi connectivity index (χ4v) is 8.67. The molecule has 1 aromatic carbocycles. The SMILES string of the molecule is C[C@@H]([C@H](NC(=O)[C@H](CC1CCCCC1)NC(=O)NC1(C(=O)NCC(C)(C)C)CC1c1c[nH]c2ccccc12)C(=O)NC[C@H]1C[C@@H](O)[C@H](n2ccc(=O)[nH]c2=O)O1)N(C)C(=O)CN. The van der Waals surface area contributed by atoms with E-state index >= 15 is 0 Å². The maximum atomic E-state index is 14.5. The molecule has 0 bridgehead atoms. The standard InChI is InChI=1S/C43H62N10O9/c1-24(52(5)34(56)20-44)35(37(58)46-21-26-18-32(54)38(62-26)53-16-15-33(55)49-41(53)61)50-36(57)31(17-25-11-7-6-8-12-25)48-40(60)51-43(39(59)47-23-42(2,3)4)19-29(43)28-22-45-30-14-10-9-13-27(28)30/h9-10,13-16,22,24-26,29,31-32,35,38,45,54H,6-8,11-12,17-21,23,44H2,1-5H3,(H,46,58)(H,47,59)(H,50,57)(H2,48,51,60)(H,49,55,61)/t24-,26+,29?,31-,32+,35-,38+,43?/m0/s1. The summed E-state index contributed by atoms with van der Waals surface area (Å²) in [6.07, 6.45) is 5.39. The molecular formula is C43H62N10O9. The van der Waals surface area contributed by atoms with Crippen molar-refractivity contribution < 1.29 is 33.8 Å². The quantitative estimate of drug-likeness (QED) is 0.0978. The number of hydrogen-bond acceptors (Lipinski definition) is 10. The summed E-state index contributed by atoms with van der Waals surface area (Å²) in [5.41, 5.74) is 4.55. The molecule has 19 heteroatoms. The van der Waals surface area contributed by atoms with Gasteiger partial charge in [-0.2, -0.15) is 0 Å². The fraction of sp³-hybridized carbons (Fsp3) is 0.605. The molecule has 338 valence electrons. The first-order valence-electron chi connectivity index (χ1n) is 21.5. The number of nitrogens with one attached hydrogen (secondary N) is 7. The van der Waals surface area contributed by atoms with Crippen LogP contribution in [-0.4, -0.2) is 117 Å². The van der Waals surface area contributed by atoms with Gasteiger partial charge in [0.25, 0.3) is 5.56 Å². The molecule has 62 heavy (non-hydrogen) atoms. The molecular weight excluding hydrogens is 801 g/mol. The Kier molecular flexibility index (Phi) is 14.3. The highest BCUT2D eigenvalue weighted by molar-refractivity contribution is 5.99. The van der Waals surface area contributed by atoms with Gasteiger partial charge in [-0.05, 0) is 42.7 Å². The number of para-hydroxylation sites is 1. The second-order valence-electron chi connectivity index (χ2n) is 18.3. The molecule has 0 spiro atoms. The van der Waals surface area contributed by atoms with Gasteiger partial charge in [0, 0.05) is 61.8 Å². The van der Waals surface area contributed by atoms with Crippen molar-refractivity contribution in [3.8, 4) is 0 Å². The number of aliphatic hydroxyl groups excluding tert-OH is 1. The van der Waals surface area contributed by atoms with Gasteiger partial charge in [0.2, 0.25) is 23.6 Å². The van der Waals surface area contributed by atoms with E-state index in [1.165, 1.54) is 18.1 Å². The van der Waals surface area contributed by atoms with Crippen molar-refractivity contribution in [1.82, 2.24) is 46.0 Å². The van der Waals surface area contributed by atoms with Crippen molar-refractivity contribution in [1.29, 1.82) is 0 Å². The van der Waals surface area contributed by atoms with Crippen LogP contribution < -0.4 is 43.6 Å². The van der Waals surface area contributed by atoms with E-state index in [0.717, 1.165) is 59.2 Å². The Morgan fingerprint density at radius 3 is 2.45 bits per heavy atom. The Hall–Kier alpha value is -5.53. The van der Waals surface area contributed by atoms with Crippen LogP contribution in [0.5, 0.6) is 0 Å². The zero-order chi connectivity index (χ0) is 44.9. The second-order valence-corrected chi connectivity index (χ2v) is 18.3. The van der Waals surface area contributed by atoms with Crippen LogP contribution in [0.25, 0.3) is 10.9 Å². The summed E-state index contributed by atoms with van der Waals surface area (Å²) in [6.45, 7) is 7.47. The largest absolute Gasteiger partial charge is 0.388 e. The van der Waals surface area contributed by atoms with E-state index in [1.54, 1.807) is 6.92 Å². The summed E-state index contributed by atoms with van der Waals surface area (Å²) in [5, 5.41) is 26.1. The lowest BCUT2D eigenvalue weighted by atomic mass is 9.84. The third-order valence-corrected chi connectivity index (χ3v) is 12.4. The highest BCUT2D eigenvalue weighted by Gasteiger charge is 2.62. The molecule has 3 aromatic rings. The molecule has 1 aliphatic heterocycles. The Balaban J connectivity index is 1.20. The van der Waals surface area contributed by atoms with E-state index in [0.29, 0.717) is 13.0 Å². The molecule has 3 heterocycles. The maximum Gasteiger partial charge on any atom is 0.330 e. The Labute approximate surface area is 359 Å². The number of benzene rings is 1. The second kappa shape index (κ2) is 19.2. The van der Waals surface area contributed by atoms with Gasteiger partial charge in [-0.3, -0.25) is 33.5 Å². The number of aromatic nitrogens is 3. The van der Waals surface area contributed by atoms with Gasteiger partial charge in [0.05, 0.1) is 18.7 Å². The monoisotopic (exact) mass is 862 g/mol. The summed E-state index contributed by atoms with van der Waals surface area (Å²) in [4.78, 5) is 100. The fourth-order valence-electron chi connectivity index (χ4n) is 8.67. The molecule has 2 unspecified atom stereocenters. The minimum absolute atomic E-state index is 0.0357. The minimum atomic E-state index is -1.34.